The van der Waals surface area contributed by atoms with Crippen LogP contribution in [0.25, 0.3) is 10.9 Å². The molecule has 5 nitrogen and oxygen atoms in total. The molecule has 0 bridgehead atoms. The van der Waals surface area contributed by atoms with Gasteiger partial charge in [0.15, 0.2) is 0 Å². The van der Waals surface area contributed by atoms with E-state index in [0.29, 0.717) is 5.56 Å². The molecule has 20 heavy (non-hydrogen) atoms. The maximum atomic E-state index is 12.3. The zero-order valence-corrected chi connectivity index (χ0v) is 12.7. The molecule has 0 saturated heterocycles. The van der Waals surface area contributed by atoms with Crippen molar-refractivity contribution in [2.24, 2.45) is 5.92 Å². The third-order valence-corrected chi connectivity index (χ3v) is 3.78. The van der Waals surface area contributed by atoms with Crippen molar-refractivity contribution in [3.05, 3.63) is 34.4 Å². The lowest BCUT2D eigenvalue weighted by atomic mass is 10.0. The lowest BCUT2D eigenvalue weighted by molar-refractivity contribution is -0.140. The summed E-state index contributed by atoms with van der Waals surface area (Å²) >= 11 is 3.40. The first-order valence-corrected chi connectivity index (χ1v) is 7.00. The summed E-state index contributed by atoms with van der Waals surface area (Å²) in [6.45, 7) is 3.51. The molecule has 106 valence electrons. The molecule has 0 aliphatic carbocycles. The van der Waals surface area contributed by atoms with E-state index in [2.05, 4.69) is 26.2 Å². The van der Waals surface area contributed by atoms with Crippen molar-refractivity contribution in [1.29, 1.82) is 0 Å². The number of aliphatic carboxylic acids is 1. The van der Waals surface area contributed by atoms with Gasteiger partial charge < -0.3 is 15.4 Å². The Morgan fingerprint density at radius 1 is 1.35 bits per heavy atom. The number of halogens is 1. The molecular weight excluding hydrogens is 324 g/mol. The van der Waals surface area contributed by atoms with Crippen LogP contribution in [0, 0.1) is 5.92 Å². The van der Waals surface area contributed by atoms with Gasteiger partial charge in [0.05, 0.1) is 5.56 Å². The molecule has 0 fully saturated rings. The molecule has 0 saturated carbocycles. The second kappa shape index (κ2) is 5.66. The first kappa shape index (κ1) is 14.6. The molecule has 1 heterocycles. The Labute approximate surface area is 124 Å². The maximum Gasteiger partial charge on any atom is 0.326 e. The lowest BCUT2D eigenvalue weighted by Crippen LogP contribution is -2.44. The molecule has 1 amide bonds. The Bertz CT molecular complexity index is 663. The van der Waals surface area contributed by atoms with Gasteiger partial charge in [-0.2, -0.15) is 0 Å². The smallest absolute Gasteiger partial charge is 0.326 e. The summed E-state index contributed by atoms with van der Waals surface area (Å²) in [5.41, 5.74) is 1.25. The van der Waals surface area contributed by atoms with E-state index < -0.39 is 17.9 Å². The van der Waals surface area contributed by atoms with E-state index in [-0.39, 0.29) is 5.92 Å². The van der Waals surface area contributed by atoms with Gasteiger partial charge in [0.1, 0.15) is 6.04 Å². The fourth-order valence-electron chi connectivity index (χ4n) is 2.05. The summed E-state index contributed by atoms with van der Waals surface area (Å²) in [5.74, 6) is -1.62. The number of rotatable bonds is 4. The number of benzene rings is 1. The van der Waals surface area contributed by atoms with E-state index in [1.807, 2.05) is 18.2 Å². The maximum absolute atomic E-state index is 12.3. The van der Waals surface area contributed by atoms with Crippen molar-refractivity contribution in [2.75, 3.05) is 0 Å². The van der Waals surface area contributed by atoms with E-state index in [4.69, 9.17) is 5.11 Å². The summed E-state index contributed by atoms with van der Waals surface area (Å²) in [6.07, 6.45) is 1.59. The number of hydrogen-bond acceptors (Lipinski definition) is 2. The fraction of sp³-hybridized carbons (Fsp3) is 0.286. The van der Waals surface area contributed by atoms with Crippen LogP contribution in [0.4, 0.5) is 0 Å². The van der Waals surface area contributed by atoms with Crippen LogP contribution in [0.3, 0.4) is 0 Å². The van der Waals surface area contributed by atoms with Gasteiger partial charge in [-0.1, -0.05) is 35.8 Å². The Hall–Kier alpha value is -1.82. The van der Waals surface area contributed by atoms with Gasteiger partial charge >= 0.3 is 5.97 Å². The number of hydrogen-bond donors (Lipinski definition) is 3. The van der Waals surface area contributed by atoms with E-state index in [1.165, 1.54) is 0 Å². The molecule has 2 aromatic rings. The van der Waals surface area contributed by atoms with Gasteiger partial charge in [0.25, 0.3) is 5.91 Å². The number of H-pyrrole nitrogens is 1. The quantitative estimate of drug-likeness (QED) is 0.801. The summed E-state index contributed by atoms with van der Waals surface area (Å²) < 4.78 is 0.790. The van der Waals surface area contributed by atoms with Gasteiger partial charge in [-0.25, -0.2) is 4.79 Å². The third-order valence-electron chi connectivity index (χ3n) is 3.12. The highest BCUT2D eigenvalue weighted by Crippen LogP contribution is 2.27. The van der Waals surface area contributed by atoms with Crippen LogP contribution in [-0.4, -0.2) is 28.0 Å². The van der Waals surface area contributed by atoms with Crippen LogP contribution in [0.2, 0.25) is 0 Å². The van der Waals surface area contributed by atoms with Crippen molar-refractivity contribution in [1.82, 2.24) is 10.3 Å². The van der Waals surface area contributed by atoms with E-state index >= 15 is 0 Å². The number of nitrogens with one attached hydrogen (secondary N) is 2. The number of carboxylic acid groups (broad SMARTS) is 1. The highest BCUT2D eigenvalue weighted by molar-refractivity contribution is 9.10. The van der Waals surface area contributed by atoms with Gasteiger partial charge in [0, 0.05) is 21.6 Å². The monoisotopic (exact) mass is 338 g/mol. The fourth-order valence-corrected chi connectivity index (χ4v) is 2.63. The molecule has 1 aromatic heterocycles. The Morgan fingerprint density at radius 2 is 2.05 bits per heavy atom. The van der Waals surface area contributed by atoms with Crippen molar-refractivity contribution in [2.45, 2.75) is 19.9 Å². The minimum absolute atomic E-state index is 0.190. The summed E-state index contributed by atoms with van der Waals surface area (Å²) in [7, 11) is 0. The number of aromatic nitrogens is 1. The predicted molar refractivity (Wildman–Crippen MR) is 79.7 cm³/mol. The largest absolute Gasteiger partial charge is 0.480 e. The average Bonchev–Trinajstić information content (AvgIpc) is 2.80. The molecule has 1 unspecified atom stereocenters. The van der Waals surface area contributed by atoms with Crippen LogP contribution < -0.4 is 5.32 Å². The van der Waals surface area contributed by atoms with Crippen molar-refractivity contribution in [3.63, 3.8) is 0 Å². The Balaban J connectivity index is 2.35. The molecule has 0 spiro atoms. The van der Waals surface area contributed by atoms with Crippen LogP contribution in [-0.2, 0) is 4.79 Å². The predicted octanol–water partition coefficient (Wildman–Crippen LogP) is 2.77. The van der Waals surface area contributed by atoms with E-state index in [1.54, 1.807) is 20.0 Å². The van der Waals surface area contributed by atoms with E-state index in [0.717, 1.165) is 15.4 Å². The minimum atomic E-state index is -1.03. The summed E-state index contributed by atoms with van der Waals surface area (Å²) in [5, 5.41) is 12.4. The first-order chi connectivity index (χ1) is 9.41. The molecule has 1 atom stereocenters. The third kappa shape index (κ3) is 2.70. The first-order valence-electron chi connectivity index (χ1n) is 6.21. The van der Waals surface area contributed by atoms with Gasteiger partial charge in [0.2, 0.25) is 0 Å². The van der Waals surface area contributed by atoms with Crippen LogP contribution in [0.15, 0.2) is 28.9 Å². The second-order valence-corrected chi connectivity index (χ2v) is 5.75. The zero-order chi connectivity index (χ0) is 14.9. The van der Waals surface area contributed by atoms with Crippen LogP contribution >= 0.6 is 15.9 Å². The highest BCUT2D eigenvalue weighted by atomic mass is 79.9. The number of aromatic amines is 1. The van der Waals surface area contributed by atoms with Crippen LogP contribution in [0.5, 0.6) is 0 Å². The number of amides is 1. The van der Waals surface area contributed by atoms with Crippen molar-refractivity contribution < 1.29 is 14.7 Å². The van der Waals surface area contributed by atoms with Gasteiger partial charge in [-0.05, 0) is 18.1 Å². The van der Waals surface area contributed by atoms with E-state index in [9.17, 15) is 9.59 Å². The molecule has 2 rings (SSSR count). The molecule has 0 radical (unpaired) electrons. The van der Waals surface area contributed by atoms with Crippen molar-refractivity contribution >= 4 is 38.7 Å². The average molecular weight is 339 g/mol. The molecule has 1 aromatic carbocycles. The van der Waals surface area contributed by atoms with Crippen molar-refractivity contribution in [3.8, 4) is 0 Å². The molecule has 6 heteroatoms. The number of carboxylic acids is 1. The number of carbonyl (C=O) groups is 2. The Morgan fingerprint density at radius 3 is 2.65 bits per heavy atom. The highest BCUT2D eigenvalue weighted by Gasteiger charge is 2.25. The molecule has 3 N–H and O–H groups in total. The number of carbonyl (C=O) groups excluding carboxylic acids is 1. The standard InChI is InChI=1S/C14H15BrN2O3/c1-7(2)12(14(19)20)17-13(18)8-6-16-10-5-3-4-9(15)11(8)10/h3-7,12,16H,1-2H3,(H,17,18)(H,19,20). The van der Waals surface area contributed by atoms with Crippen LogP contribution in [0.1, 0.15) is 24.2 Å². The zero-order valence-electron chi connectivity index (χ0n) is 11.1. The molecule has 0 aliphatic rings. The van der Waals surface area contributed by atoms with Gasteiger partial charge in [-0.15, -0.1) is 0 Å². The molecular formula is C14H15BrN2O3. The topological polar surface area (TPSA) is 82.2 Å². The summed E-state index contributed by atoms with van der Waals surface area (Å²) in [6, 6.07) is 4.64. The normalized spacial score (nSPS) is 12.6. The Kier molecular flexibility index (Phi) is 4.13. The minimum Gasteiger partial charge on any atom is -0.480 e. The van der Waals surface area contributed by atoms with Gasteiger partial charge in [-0.3, -0.25) is 4.79 Å². The second-order valence-electron chi connectivity index (χ2n) is 4.90. The molecule has 0 aliphatic heterocycles. The lowest BCUT2D eigenvalue weighted by Gasteiger charge is -2.17. The SMILES string of the molecule is CC(C)C(NC(=O)c1c[nH]c2cccc(Br)c12)C(=O)O. The summed E-state index contributed by atoms with van der Waals surface area (Å²) in [4.78, 5) is 26.4. The number of fused-ring (bicyclic) bond motifs is 1.